The average Bonchev–Trinajstić information content (AvgIpc) is 3.01. The fourth-order valence-electron chi connectivity index (χ4n) is 2.13. The summed E-state index contributed by atoms with van der Waals surface area (Å²) in [5.41, 5.74) is 0.969. The standard InChI is InChI=1S/C15H12BrN3O2S/c1-21-14(20)8-22-15-18-17-9-19(15)13-7-6-12(16)10-4-2-3-5-11(10)13/h2-7,9H,8H2,1H3. The van der Waals surface area contributed by atoms with Crippen LogP contribution in [0.25, 0.3) is 16.5 Å². The van der Waals surface area contributed by atoms with Crippen LogP contribution in [0.1, 0.15) is 0 Å². The van der Waals surface area contributed by atoms with Crippen molar-refractivity contribution in [2.75, 3.05) is 12.9 Å². The number of carbonyl (C=O) groups is 1. The van der Waals surface area contributed by atoms with Gasteiger partial charge in [-0.15, -0.1) is 10.2 Å². The van der Waals surface area contributed by atoms with Gasteiger partial charge in [0.1, 0.15) is 6.33 Å². The van der Waals surface area contributed by atoms with Crippen LogP contribution in [-0.4, -0.2) is 33.6 Å². The quantitative estimate of drug-likeness (QED) is 0.514. The summed E-state index contributed by atoms with van der Waals surface area (Å²) in [7, 11) is 1.37. The molecule has 1 aromatic heterocycles. The maximum Gasteiger partial charge on any atom is 0.316 e. The van der Waals surface area contributed by atoms with Crippen LogP contribution in [0.15, 0.2) is 52.4 Å². The van der Waals surface area contributed by atoms with Gasteiger partial charge < -0.3 is 4.74 Å². The molecule has 0 bridgehead atoms. The first-order valence-corrected chi connectivity index (χ1v) is 8.26. The topological polar surface area (TPSA) is 57.0 Å². The van der Waals surface area contributed by atoms with Crippen molar-refractivity contribution in [3.05, 3.63) is 47.2 Å². The second-order valence-electron chi connectivity index (χ2n) is 4.46. The highest BCUT2D eigenvalue weighted by Crippen LogP contribution is 2.30. The highest BCUT2D eigenvalue weighted by Gasteiger charge is 2.13. The van der Waals surface area contributed by atoms with Crippen molar-refractivity contribution >= 4 is 44.4 Å². The van der Waals surface area contributed by atoms with Gasteiger partial charge in [0.05, 0.1) is 18.6 Å². The summed E-state index contributed by atoms with van der Waals surface area (Å²) in [6, 6.07) is 12.1. The lowest BCUT2D eigenvalue weighted by Gasteiger charge is -2.10. The molecule has 22 heavy (non-hydrogen) atoms. The maximum absolute atomic E-state index is 11.3. The molecule has 0 spiro atoms. The van der Waals surface area contributed by atoms with Gasteiger partial charge in [-0.1, -0.05) is 52.0 Å². The van der Waals surface area contributed by atoms with Crippen molar-refractivity contribution in [1.82, 2.24) is 14.8 Å². The number of benzene rings is 2. The number of fused-ring (bicyclic) bond motifs is 1. The number of rotatable bonds is 4. The molecule has 0 saturated carbocycles. The molecule has 0 saturated heterocycles. The largest absolute Gasteiger partial charge is 0.468 e. The fraction of sp³-hybridized carbons (Fsp3) is 0.133. The van der Waals surface area contributed by atoms with E-state index in [-0.39, 0.29) is 11.7 Å². The average molecular weight is 378 g/mol. The second-order valence-corrected chi connectivity index (χ2v) is 6.26. The van der Waals surface area contributed by atoms with Gasteiger partial charge in [-0.2, -0.15) is 0 Å². The molecule has 7 heteroatoms. The van der Waals surface area contributed by atoms with Crippen LogP contribution < -0.4 is 0 Å². The van der Waals surface area contributed by atoms with Gasteiger partial charge >= 0.3 is 5.97 Å². The number of ether oxygens (including phenoxy) is 1. The smallest absolute Gasteiger partial charge is 0.316 e. The predicted octanol–water partition coefficient (Wildman–Crippen LogP) is 3.45. The third-order valence-corrected chi connectivity index (χ3v) is 4.78. The van der Waals surface area contributed by atoms with Crippen LogP contribution in [0.2, 0.25) is 0 Å². The minimum Gasteiger partial charge on any atom is -0.468 e. The number of carbonyl (C=O) groups excluding carboxylic acids is 1. The van der Waals surface area contributed by atoms with E-state index in [1.807, 2.05) is 34.9 Å². The minimum atomic E-state index is -0.291. The van der Waals surface area contributed by atoms with Crippen LogP contribution >= 0.6 is 27.7 Å². The Hall–Kier alpha value is -1.86. The predicted molar refractivity (Wildman–Crippen MR) is 89.3 cm³/mol. The Balaban J connectivity index is 2.04. The summed E-state index contributed by atoms with van der Waals surface area (Å²) in [4.78, 5) is 11.3. The molecule has 0 aliphatic carbocycles. The molecule has 0 atom stereocenters. The van der Waals surface area contributed by atoms with E-state index in [4.69, 9.17) is 0 Å². The Morgan fingerprint density at radius 1 is 1.27 bits per heavy atom. The van der Waals surface area contributed by atoms with Gasteiger partial charge in [0, 0.05) is 9.86 Å². The number of hydrogen-bond acceptors (Lipinski definition) is 5. The van der Waals surface area contributed by atoms with E-state index < -0.39 is 0 Å². The lowest BCUT2D eigenvalue weighted by molar-refractivity contribution is -0.137. The van der Waals surface area contributed by atoms with Gasteiger partial charge in [-0.25, -0.2) is 0 Å². The fourth-order valence-corrected chi connectivity index (χ4v) is 3.36. The Bertz CT molecular complexity index is 835. The first-order valence-electron chi connectivity index (χ1n) is 6.48. The van der Waals surface area contributed by atoms with E-state index in [0.29, 0.717) is 5.16 Å². The van der Waals surface area contributed by atoms with Crippen LogP contribution in [0.5, 0.6) is 0 Å². The monoisotopic (exact) mass is 377 g/mol. The van der Waals surface area contributed by atoms with Crippen molar-refractivity contribution < 1.29 is 9.53 Å². The molecule has 1 heterocycles. The van der Waals surface area contributed by atoms with E-state index in [0.717, 1.165) is 20.9 Å². The molecule has 3 aromatic rings. The number of thioether (sulfide) groups is 1. The second kappa shape index (κ2) is 6.50. The molecule has 0 aliphatic rings. The third kappa shape index (κ3) is 2.86. The van der Waals surface area contributed by atoms with Crippen LogP contribution in [0.3, 0.4) is 0 Å². The normalized spacial score (nSPS) is 10.8. The molecule has 0 amide bonds. The molecular weight excluding hydrogens is 366 g/mol. The Kier molecular flexibility index (Phi) is 4.44. The summed E-state index contributed by atoms with van der Waals surface area (Å²) < 4.78 is 7.57. The van der Waals surface area contributed by atoms with Gasteiger partial charge in [0.15, 0.2) is 5.16 Å². The number of methoxy groups -OCH3 is 1. The van der Waals surface area contributed by atoms with Crippen LogP contribution in [0, 0.1) is 0 Å². The van der Waals surface area contributed by atoms with Gasteiger partial charge in [-0.05, 0) is 17.5 Å². The van der Waals surface area contributed by atoms with Gasteiger partial charge in [0.25, 0.3) is 0 Å². The van der Waals surface area contributed by atoms with E-state index in [2.05, 4.69) is 36.9 Å². The Morgan fingerprint density at radius 3 is 2.82 bits per heavy atom. The lowest BCUT2D eigenvalue weighted by Crippen LogP contribution is -2.05. The van der Waals surface area contributed by atoms with Crippen molar-refractivity contribution in [3.8, 4) is 5.69 Å². The van der Waals surface area contributed by atoms with Crippen molar-refractivity contribution in [1.29, 1.82) is 0 Å². The molecule has 5 nitrogen and oxygen atoms in total. The first-order chi connectivity index (χ1) is 10.7. The van der Waals surface area contributed by atoms with E-state index in [1.54, 1.807) is 6.33 Å². The minimum absolute atomic E-state index is 0.198. The Labute approximate surface area is 139 Å². The van der Waals surface area contributed by atoms with E-state index >= 15 is 0 Å². The van der Waals surface area contributed by atoms with Gasteiger partial charge in [0.2, 0.25) is 0 Å². The number of hydrogen-bond donors (Lipinski definition) is 0. The molecule has 0 radical (unpaired) electrons. The number of halogens is 1. The zero-order valence-electron chi connectivity index (χ0n) is 11.7. The first kappa shape index (κ1) is 15.1. The van der Waals surface area contributed by atoms with Crippen molar-refractivity contribution in [2.45, 2.75) is 5.16 Å². The molecule has 3 rings (SSSR count). The number of nitrogens with zero attached hydrogens (tertiary/aromatic N) is 3. The molecule has 2 aromatic carbocycles. The summed E-state index contributed by atoms with van der Waals surface area (Å²) in [5, 5.41) is 10.9. The van der Waals surface area contributed by atoms with E-state index in [9.17, 15) is 4.79 Å². The van der Waals surface area contributed by atoms with E-state index in [1.165, 1.54) is 18.9 Å². The summed E-state index contributed by atoms with van der Waals surface area (Å²) in [6.45, 7) is 0. The molecule has 0 fully saturated rings. The number of esters is 1. The lowest BCUT2D eigenvalue weighted by atomic mass is 10.1. The SMILES string of the molecule is COC(=O)CSc1nncn1-c1ccc(Br)c2ccccc12. The molecule has 0 N–H and O–H groups in total. The summed E-state index contributed by atoms with van der Waals surface area (Å²) >= 11 is 4.86. The van der Waals surface area contributed by atoms with Crippen LogP contribution in [0.4, 0.5) is 0 Å². The molecule has 0 unspecified atom stereocenters. The van der Waals surface area contributed by atoms with Crippen molar-refractivity contribution in [2.24, 2.45) is 0 Å². The third-order valence-electron chi connectivity index (χ3n) is 3.17. The van der Waals surface area contributed by atoms with Crippen LogP contribution in [-0.2, 0) is 9.53 Å². The molecule has 0 aliphatic heterocycles. The molecular formula is C15H12BrN3O2S. The Morgan fingerprint density at radius 2 is 2.05 bits per heavy atom. The molecule has 112 valence electrons. The zero-order valence-corrected chi connectivity index (χ0v) is 14.1. The summed E-state index contributed by atoms with van der Waals surface area (Å²) in [6.07, 6.45) is 1.65. The zero-order chi connectivity index (χ0) is 15.5. The number of aromatic nitrogens is 3. The maximum atomic E-state index is 11.3. The van der Waals surface area contributed by atoms with Crippen molar-refractivity contribution in [3.63, 3.8) is 0 Å². The summed E-state index contributed by atoms with van der Waals surface area (Å²) in [5.74, 6) is -0.0934. The van der Waals surface area contributed by atoms with Gasteiger partial charge in [-0.3, -0.25) is 9.36 Å². The highest BCUT2D eigenvalue weighted by atomic mass is 79.9. The highest BCUT2D eigenvalue weighted by molar-refractivity contribution is 9.10.